The van der Waals surface area contributed by atoms with Gasteiger partial charge in [0, 0.05) is 18.4 Å². The summed E-state index contributed by atoms with van der Waals surface area (Å²) in [4.78, 5) is 0. The van der Waals surface area contributed by atoms with Gasteiger partial charge < -0.3 is 11.1 Å². The van der Waals surface area contributed by atoms with Gasteiger partial charge in [-0.3, -0.25) is 0 Å². The summed E-state index contributed by atoms with van der Waals surface area (Å²) in [6.07, 6.45) is 0. The maximum atomic E-state index is 5.96. The zero-order valence-corrected chi connectivity index (χ0v) is 10.5. The Kier molecular flexibility index (Phi) is 3.05. The van der Waals surface area contributed by atoms with Crippen LogP contribution in [0.4, 0.5) is 11.4 Å². The van der Waals surface area contributed by atoms with Gasteiger partial charge in [-0.15, -0.1) is 0 Å². The van der Waals surface area contributed by atoms with Crippen molar-refractivity contribution in [2.45, 2.75) is 13.8 Å². The summed E-state index contributed by atoms with van der Waals surface area (Å²) in [5, 5.41) is 3.21. The van der Waals surface area contributed by atoms with Gasteiger partial charge in [0.15, 0.2) is 0 Å². The Labute approximate surface area is 102 Å². The largest absolute Gasteiger partial charge is 0.398 e. The molecular formula is C15H18N2. The Morgan fingerprint density at radius 3 is 2.12 bits per heavy atom. The van der Waals surface area contributed by atoms with Crippen molar-refractivity contribution in [3.05, 3.63) is 47.5 Å². The monoisotopic (exact) mass is 226 g/mol. The first-order chi connectivity index (χ1) is 8.15. The number of nitrogens with two attached hydrogens (primary N) is 1. The standard InChI is InChI=1S/C15H18N2/c1-10-12(6-4-8-14(10)16)13-7-5-9-15(17-3)11(13)2/h4-9,17H,16H2,1-3H3. The van der Waals surface area contributed by atoms with Crippen molar-refractivity contribution >= 4 is 11.4 Å². The summed E-state index contributed by atoms with van der Waals surface area (Å²) in [5.41, 5.74) is 12.8. The summed E-state index contributed by atoms with van der Waals surface area (Å²) in [6, 6.07) is 12.3. The first-order valence-electron chi connectivity index (χ1n) is 5.78. The van der Waals surface area contributed by atoms with Crippen LogP contribution in [-0.4, -0.2) is 7.05 Å². The number of hydrogen-bond donors (Lipinski definition) is 2. The van der Waals surface area contributed by atoms with Crippen molar-refractivity contribution in [2.75, 3.05) is 18.1 Å². The van der Waals surface area contributed by atoms with Gasteiger partial charge in [0.05, 0.1) is 0 Å². The third-order valence-corrected chi connectivity index (χ3v) is 3.27. The van der Waals surface area contributed by atoms with Crippen molar-refractivity contribution in [2.24, 2.45) is 0 Å². The van der Waals surface area contributed by atoms with Gasteiger partial charge in [-0.1, -0.05) is 24.3 Å². The molecule has 88 valence electrons. The lowest BCUT2D eigenvalue weighted by Crippen LogP contribution is -1.96. The highest BCUT2D eigenvalue weighted by atomic mass is 14.8. The summed E-state index contributed by atoms with van der Waals surface area (Å²) in [7, 11) is 1.94. The second-order valence-electron chi connectivity index (χ2n) is 4.25. The van der Waals surface area contributed by atoms with E-state index in [-0.39, 0.29) is 0 Å². The van der Waals surface area contributed by atoms with Gasteiger partial charge in [0.25, 0.3) is 0 Å². The van der Waals surface area contributed by atoms with Crippen LogP contribution in [0.2, 0.25) is 0 Å². The van der Waals surface area contributed by atoms with Crippen LogP contribution in [-0.2, 0) is 0 Å². The smallest absolute Gasteiger partial charge is 0.0373 e. The van der Waals surface area contributed by atoms with E-state index in [0.717, 1.165) is 16.9 Å². The highest BCUT2D eigenvalue weighted by Gasteiger charge is 2.08. The fourth-order valence-corrected chi connectivity index (χ4v) is 2.14. The lowest BCUT2D eigenvalue weighted by atomic mass is 9.95. The average Bonchev–Trinajstić information content (AvgIpc) is 2.33. The second kappa shape index (κ2) is 4.50. The third kappa shape index (κ3) is 1.98. The molecule has 2 aromatic rings. The van der Waals surface area contributed by atoms with Crippen LogP contribution in [0.25, 0.3) is 11.1 Å². The van der Waals surface area contributed by atoms with E-state index < -0.39 is 0 Å². The molecule has 0 atom stereocenters. The number of nitrogens with one attached hydrogen (secondary N) is 1. The van der Waals surface area contributed by atoms with Crippen molar-refractivity contribution in [3.8, 4) is 11.1 Å². The number of hydrogen-bond acceptors (Lipinski definition) is 2. The molecule has 2 heteroatoms. The molecule has 0 aliphatic heterocycles. The van der Waals surface area contributed by atoms with E-state index in [4.69, 9.17) is 5.73 Å². The van der Waals surface area contributed by atoms with Crippen molar-refractivity contribution < 1.29 is 0 Å². The van der Waals surface area contributed by atoms with Crippen LogP contribution >= 0.6 is 0 Å². The Balaban J connectivity index is 2.65. The predicted octanol–water partition coefficient (Wildman–Crippen LogP) is 3.59. The minimum Gasteiger partial charge on any atom is -0.398 e. The van der Waals surface area contributed by atoms with E-state index in [9.17, 15) is 0 Å². The molecule has 17 heavy (non-hydrogen) atoms. The van der Waals surface area contributed by atoms with Crippen LogP contribution < -0.4 is 11.1 Å². The maximum absolute atomic E-state index is 5.96. The maximum Gasteiger partial charge on any atom is 0.0373 e. The zero-order chi connectivity index (χ0) is 12.4. The first-order valence-corrected chi connectivity index (χ1v) is 5.78. The van der Waals surface area contributed by atoms with Gasteiger partial charge in [-0.25, -0.2) is 0 Å². The van der Waals surface area contributed by atoms with Crippen LogP contribution in [0, 0.1) is 13.8 Å². The van der Waals surface area contributed by atoms with Crippen molar-refractivity contribution in [1.29, 1.82) is 0 Å². The highest BCUT2D eigenvalue weighted by Crippen LogP contribution is 2.32. The Morgan fingerprint density at radius 2 is 1.47 bits per heavy atom. The van der Waals surface area contributed by atoms with Gasteiger partial charge in [0.1, 0.15) is 0 Å². The Hall–Kier alpha value is -1.96. The van der Waals surface area contributed by atoms with Crippen molar-refractivity contribution in [1.82, 2.24) is 0 Å². The third-order valence-electron chi connectivity index (χ3n) is 3.27. The normalized spacial score (nSPS) is 10.3. The molecule has 0 unspecified atom stereocenters. The van der Waals surface area contributed by atoms with E-state index in [1.54, 1.807) is 0 Å². The lowest BCUT2D eigenvalue weighted by molar-refractivity contribution is 1.38. The number of benzene rings is 2. The summed E-state index contributed by atoms with van der Waals surface area (Å²) in [5.74, 6) is 0. The topological polar surface area (TPSA) is 38.0 Å². The molecule has 0 saturated heterocycles. The summed E-state index contributed by atoms with van der Waals surface area (Å²) >= 11 is 0. The first kappa shape index (κ1) is 11.5. The molecule has 0 aromatic heterocycles. The van der Waals surface area contributed by atoms with Gasteiger partial charge >= 0.3 is 0 Å². The molecule has 0 spiro atoms. The molecule has 2 aromatic carbocycles. The van der Waals surface area contributed by atoms with Gasteiger partial charge in [-0.2, -0.15) is 0 Å². The number of rotatable bonds is 2. The van der Waals surface area contributed by atoms with E-state index in [0.29, 0.717) is 0 Å². The lowest BCUT2D eigenvalue weighted by Gasteiger charge is -2.14. The van der Waals surface area contributed by atoms with E-state index in [1.807, 2.05) is 19.2 Å². The van der Waals surface area contributed by atoms with Crippen LogP contribution in [0.5, 0.6) is 0 Å². The molecule has 3 N–H and O–H groups in total. The van der Waals surface area contributed by atoms with Gasteiger partial charge in [0.2, 0.25) is 0 Å². The molecule has 0 aliphatic rings. The quantitative estimate of drug-likeness (QED) is 0.768. The molecule has 0 amide bonds. The Morgan fingerprint density at radius 1 is 0.882 bits per heavy atom. The number of anilines is 2. The molecule has 0 radical (unpaired) electrons. The molecule has 2 nitrogen and oxygen atoms in total. The minimum absolute atomic E-state index is 0.844. The Bertz CT molecular complexity index is 545. The summed E-state index contributed by atoms with van der Waals surface area (Å²) < 4.78 is 0. The fraction of sp³-hybridized carbons (Fsp3) is 0.200. The molecule has 2 rings (SSSR count). The second-order valence-corrected chi connectivity index (χ2v) is 4.25. The molecule has 0 aliphatic carbocycles. The van der Waals surface area contributed by atoms with E-state index >= 15 is 0 Å². The minimum atomic E-state index is 0.844. The van der Waals surface area contributed by atoms with E-state index in [2.05, 4.69) is 43.4 Å². The van der Waals surface area contributed by atoms with Crippen LogP contribution in [0.3, 0.4) is 0 Å². The number of nitrogen functional groups attached to an aromatic ring is 1. The van der Waals surface area contributed by atoms with Gasteiger partial charge in [-0.05, 0) is 48.2 Å². The zero-order valence-electron chi connectivity index (χ0n) is 10.5. The molecule has 0 heterocycles. The molecule has 0 fully saturated rings. The molecule has 0 bridgehead atoms. The SMILES string of the molecule is CNc1cccc(-c2cccc(N)c2C)c1C. The van der Waals surface area contributed by atoms with Crippen molar-refractivity contribution in [3.63, 3.8) is 0 Å². The van der Waals surface area contributed by atoms with Crippen LogP contribution in [0.1, 0.15) is 11.1 Å². The molecule has 0 saturated carbocycles. The molecular weight excluding hydrogens is 208 g/mol. The highest BCUT2D eigenvalue weighted by molar-refractivity contribution is 5.78. The average molecular weight is 226 g/mol. The fourth-order valence-electron chi connectivity index (χ4n) is 2.14. The summed E-state index contributed by atoms with van der Waals surface area (Å²) in [6.45, 7) is 4.19. The van der Waals surface area contributed by atoms with E-state index in [1.165, 1.54) is 16.7 Å². The predicted molar refractivity (Wildman–Crippen MR) is 75.3 cm³/mol. The van der Waals surface area contributed by atoms with Crippen LogP contribution in [0.15, 0.2) is 36.4 Å².